The van der Waals surface area contributed by atoms with Crippen molar-refractivity contribution < 1.29 is 9.90 Å². The predicted octanol–water partition coefficient (Wildman–Crippen LogP) is 0.968. The maximum atomic E-state index is 10.9. The Morgan fingerprint density at radius 1 is 1.50 bits per heavy atom. The zero-order valence-corrected chi connectivity index (χ0v) is 10.6. The molecule has 0 atom stereocenters. The molecule has 0 bridgehead atoms. The fourth-order valence-corrected chi connectivity index (χ4v) is 1.85. The number of aryl methyl sites for hydroxylation is 1. The van der Waals surface area contributed by atoms with Crippen LogP contribution in [0.25, 0.3) is 0 Å². The van der Waals surface area contributed by atoms with Gasteiger partial charge in [0.25, 0.3) is 0 Å². The first-order chi connectivity index (χ1) is 7.58. The Balaban J connectivity index is 2.33. The van der Waals surface area contributed by atoms with Gasteiger partial charge in [-0.3, -0.25) is 9.36 Å². The monoisotopic (exact) mass is 332 g/mol. The SMILES string of the molecule is Cn1ncc(C(=O)O)c1Cn1cc(I)cn1. The molecule has 2 heterocycles. The predicted molar refractivity (Wildman–Crippen MR) is 64.2 cm³/mol. The standard InChI is InChI=1S/C9H9IN4O2/c1-13-8(7(3-11-13)9(15)16)5-14-4-6(10)2-12-14/h2-4H,5H2,1H3,(H,15,16). The van der Waals surface area contributed by atoms with Crippen LogP contribution in [0.15, 0.2) is 18.6 Å². The molecule has 1 N–H and O–H groups in total. The highest BCUT2D eigenvalue weighted by Gasteiger charge is 2.15. The van der Waals surface area contributed by atoms with Gasteiger partial charge in [-0.25, -0.2) is 4.79 Å². The van der Waals surface area contributed by atoms with E-state index in [4.69, 9.17) is 5.11 Å². The van der Waals surface area contributed by atoms with Gasteiger partial charge < -0.3 is 5.11 Å². The summed E-state index contributed by atoms with van der Waals surface area (Å²) < 4.78 is 4.25. The molecule has 0 aromatic carbocycles. The smallest absolute Gasteiger partial charge is 0.339 e. The maximum Gasteiger partial charge on any atom is 0.339 e. The van der Waals surface area contributed by atoms with Gasteiger partial charge in [-0.15, -0.1) is 0 Å². The second-order valence-corrected chi connectivity index (χ2v) is 4.54. The van der Waals surface area contributed by atoms with E-state index in [9.17, 15) is 4.79 Å². The van der Waals surface area contributed by atoms with Crippen LogP contribution in [0.2, 0.25) is 0 Å². The minimum Gasteiger partial charge on any atom is -0.478 e. The van der Waals surface area contributed by atoms with Gasteiger partial charge in [-0.2, -0.15) is 10.2 Å². The summed E-state index contributed by atoms with van der Waals surface area (Å²) >= 11 is 2.15. The molecule has 16 heavy (non-hydrogen) atoms. The molecule has 7 heteroatoms. The minimum absolute atomic E-state index is 0.216. The molecule has 0 aliphatic carbocycles. The highest BCUT2D eigenvalue weighted by atomic mass is 127. The fourth-order valence-electron chi connectivity index (χ4n) is 1.41. The molecule has 0 amide bonds. The highest BCUT2D eigenvalue weighted by Crippen LogP contribution is 2.10. The summed E-state index contributed by atoms with van der Waals surface area (Å²) in [6.07, 6.45) is 4.92. The number of hydrogen-bond donors (Lipinski definition) is 1. The Morgan fingerprint density at radius 3 is 2.81 bits per heavy atom. The first-order valence-electron chi connectivity index (χ1n) is 4.50. The second-order valence-electron chi connectivity index (χ2n) is 3.29. The van der Waals surface area contributed by atoms with E-state index >= 15 is 0 Å². The van der Waals surface area contributed by atoms with Crippen molar-refractivity contribution in [3.8, 4) is 0 Å². The van der Waals surface area contributed by atoms with Crippen molar-refractivity contribution in [2.45, 2.75) is 6.54 Å². The normalized spacial score (nSPS) is 10.6. The van der Waals surface area contributed by atoms with Gasteiger partial charge in [0.15, 0.2) is 0 Å². The van der Waals surface area contributed by atoms with Crippen molar-refractivity contribution >= 4 is 28.6 Å². The average molecular weight is 332 g/mol. The van der Waals surface area contributed by atoms with E-state index in [1.54, 1.807) is 22.6 Å². The van der Waals surface area contributed by atoms with E-state index in [1.165, 1.54) is 6.20 Å². The van der Waals surface area contributed by atoms with Crippen LogP contribution in [0.3, 0.4) is 0 Å². The van der Waals surface area contributed by atoms with Crippen molar-refractivity contribution in [3.63, 3.8) is 0 Å². The van der Waals surface area contributed by atoms with Crippen LogP contribution in [0, 0.1) is 3.57 Å². The number of hydrogen-bond acceptors (Lipinski definition) is 3. The highest BCUT2D eigenvalue weighted by molar-refractivity contribution is 14.1. The molecule has 0 fully saturated rings. The zero-order chi connectivity index (χ0) is 11.7. The van der Waals surface area contributed by atoms with Crippen molar-refractivity contribution in [1.82, 2.24) is 19.6 Å². The van der Waals surface area contributed by atoms with Crippen LogP contribution in [0.1, 0.15) is 16.1 Å². The Kier molecular flexibility index (Phi) is 2.95. The zero-order valence-electron chi connectivity index (χ0n) is 8.46. The largest absolute Gasteiger partial charge is 0.478 e. The summed E-state index contributed by atoms with van der Waals surface area (Å²) in [5.74, 6) is -0.968. The van der Waals surface area contributed by atoms with Gasteiger partial charge in [0.1, 0.15) is 5.56 Å². The number of halogens is 1. The van der Waals surface area contributed by atoms with E-state index in [0.717, 1.165) is 3.57 Å². The topological polar surface area (TPSA) is 72.9 Å². The number of carbonyl (C=O) groups is 1. The van der Waals surface area contributed by atoms with Gasteiger partial charge in [0.05, 0.1) is 28.2 Å². The first-order valence-corrected chi connectivity index (χ1v) is 5.58. The molecule has 0 aliphatic heterocycles. The van der Waals surface area contributed by atoms with Gasteiger partial charge in [-0.05, 0) is 22.6 Å². The molecule has 2 aromatic rings. The van der Waals surface area contributed by atoms with Crippen LogP contribution in [-0.4, -0.2) is 30.6 Å². The molecule has 2 aromatic heterocycles. The van der Waals surface area contributed by atoms with Crippen LogP contribution in [0.5, 0.6) is 0 Å². The first kappa shape index (κ1) is 11.1. The number of aromatic nitrogens is 4. The minimum atomic E-state index is -0.968. The fraction of sp³-hybridized carbons (Fsp3) is 0.222. The van der Waals surface area contributed by atoms with E-state index < -0.39 is 5.97 Å². The summed E-state index contributed by atoms with van der Waals surface area (Å²) in [6.45, 7) is 0.404. The van der Waals surface area contributed by atoms with E-state index in [1.807, 2.05) is 6.20 Å². The lowest BCUT2D eigenvalue weighted by Crippen LogP contribution is -2.10. The van der Waals surface area contributed by atoms with Crippen molar-refractivity contribution in [1.29, 1.82) is 0 Å². The Labute approximate surface area is 105 Å². The van der Waals surface area contributed by atoms with E-state index in [2.05, 4.69) is 32.8 Å². The second kappa shape index (κ2) is 4.24. The lowest BCUT2D eigenvalue weighted by Gasteiger charge is -2.03. The molecule has 0 spiro atoms. The van der Waals surface area contributed by atoms with Crippen molar-refractivity contribution in [2.75, 3.05) is 0 Å². The van der Waals surface area contributed by atoms with Gasteiger partial charge in [0, 0.05) is 13.2 Å². The average Bonchev–Trinajstić information content (AvgIpc) is 2.76. The molecular formula is C9H9IN4O2. The van der Waals surface area contributed by atoms with Crippen LogP contribution < -0.4 is 0 Å². The molecule has 0 radical (unpaired) electrons. The third kappa shape index (κ3) is 2.08. The number of rotatable bonds is 3. The maximum absolute atomic E-state index is 10.9. The summed E-state index contributed by atoms with van der Waals surface area (Å²) in [5, 5.41) is 17.0. The van der Waals surface area contributed by atoms with Crippen molar-refractivity contribution in [2.24, 2.45) is 7.05 Å². The Hall–Kier alpha value is -1.38. The molecule has 6 nitrogen and oxygen atoms in total. The summed E-state index contributed by atoms with van der Waals surface area (Å²) in [6, 6.07) is 0. The summed E-state index contributed by atoms with van der Waals surface area (Å²) in [7, 11) is 1.72. The lowest BCUT2D eigenvalue weighted by molar-refractivity contribution is 0.0695. The van der Waals surface area contributed by atoms with E-state index in [-0.39, 0.29) is 5.56 Å². The third-order valence-corrected chi connectivity index (χ3v) is 2.76. The number of nitrogens with zero attached hydrogens (tertiary/aromatic N) is 4. The Morgan fingerprint density at radius 2 is 2.25 bits per heavy atom. The lowest BCUT2D eigenvalue weighted by atomic mass is 10.2. The molecule has 0 saturated carbocycles. The molecule has 84 valence electrons. The molecule has 0 unspecified atom stereocenters. The van der Waals surface area contributed by atoms with Gasteiger partial charge >= 0.3 is 5.97 Å². The third-order valence-electron chi connectivity index (χ3n) is 2.21. The quantitative estimate of drug-likeness (QED) is 0.850. The van der Waals surface area contributed by atoms with Gasteiger partial charge in [-0.1, -0.05) is 0 Å². The van der Waals surface area contributed by atoms with E-state index in [0.29, 0.717) is 12.2 Å². The number of carboxylic acid groups (broad SMARTS) is 1. The molecular weight excluding hydrogens is 323 g/mol. The van der Waals surface area contributed by atoms with Crippen LogP contribution >= 0.6 is 22.6 Å². The summed E-state index contributed by atoms with van der Waals surface area (Å²) in [5.41, 5.74) is 0.847. The molecule has 0 saturated heterocycles. The van der Waals surface area contributed by atoms with Crippen LogP contribution in [0.4, 0.5) is 0 Å². The molecule has 2 rings (SSSR count). The number of carboxylic acids is 1. The number of aromatic carboxylic acids is 1. The molecule has 0 aliphatic rings. The van der Waals surface area contributed by atoms with Crippen LogP contribution in [-0.2, 0) is 13.6 Å². The van der Waals surface area contributed by atoms with Crippen molar-refractivity contribution in [3.05, 3.63) is 33.4 Å². The summed E-state index contributed by atoms with van der Waals surface area (Å²) in [4.78, 5) is 10.9. The van der Waals surface area contributed by atoms with Gasteiger partial charge in [0.2, 0.25) is 0 Å². The Bertz CT molecular complexity index is 531.